The van der Waals surface area contributed by atoms with Crippen LogP contribution in [0.1, 0.15) is 30.4 Å². The van der Waals surface area contributed by atoms with Crippen molar-refractivity contribution in [2.24, 2.45) is 0 Å². The number of ether oxygens (including phenoxy) is 2. The van der Waals surface area contributed by atoms with E-state index in [0.29, 0.717) is 18.8 Å². The lowest BCUT2D eigenvalue weighted by Gasteiger charge is -2.44. The number of aryl methyl sites for hydroxylation is 1. The predicted octanol–water partition coefficient (Wildman–Crippen LogP) is 3.54. The molecule has 5 heteroatoms. The van der Waals surface area contributed by atoms with Crippen LogP contribution in [0.4, 0.5) is 4.79 Å². The molecule has 2 aliphatic heterocycles. The van der Waals surface area contributed by atoms with Crippen molar-refractivity contribution in [3.05, 3.63) is 59.7 Å². The van der Waals surface area contributed by atoms with Gasteiger partial charge in [-0.1, -0.05) is 30.3 Å². The highest BCUT2D eigenvalue weighted by atomic mass is 16.6. The van der Waals surface area contributed by atoms with Crippen molar-refractivity contribution in [2.45, 2.75) is 37.9 Å². The third kappa shape index (κ3) is 3.40. The topological polar surface area (TPSA) is 59.0 Å². The van der Waals surface area contributed by atoms with E-state index < -0.39 is 0 Å². The van der Waals surface area contributed by atoms with Gasteiger partial charge in [0.15, 0.2) is 0 Å². The maximum Gasteiger partial charge on any atom is 0.415 e. The summed E-state index contributed by atoms with van der Waals surface area (Å²) in [7, 11) is 0. The second-order valence-electron chi connectivity index (χ2n) is 7.05. The van der Waals surface area contributed by atoms with E-state index in [2.05, 4.69) is 6.07 Å². The molecule has 0 saturated carbocycles. The zero-order valence-electron chi connectivity index (χ0n) is 14.7. The smallest absolute Gasteiger partial charge is 0.415 e. The van der Waals surface area contributed by atoms with Crippen molar-refractivity contribution < 1.29 is 19.4 Å². The summed E-state index contributed by atoms with van der Waals surface area (Å²) in [5, 5.41) is 9.07. The highest BCUT2D eigenvalue weighted by Gasteiger charge is 2.40. The van der Waals surface area contributed by atoms with Gasteiger partial charge in [0.1, 0.15) is 17.1 Å². The summed E-state index contributed by atoms with van der Waals surface area (Å²) in [6.07, 6.45) is 3.33. The molecule has 1 saturated heterocycles. The highest BCUT2D eigenvalue weighted by molar-refractivity contribution is 5.70. The zero-order chi connectivity index (χ0) is 18.0. The Hall–Kier alpha value is -2.53. The molecule has 136 valence electrons. The minimum Gasteiger partial charge on any atom is -0.487 e. The Morgan fingerprint density at radius 2 is 1.81 bits per heavy atom. The summed E-state index contributed by atoms with van der Waals surface area (Å²) in [6, 6.07) is 15.1. The van der Waals surface area contributed by atoms with Gasteiger partial charge >= 0.3 is 6.09 Å². The Balaban J connectivity index is 1.35. The summed E-state index contributed by atoms with van der Waals surface area (Å²) in [5.74, 6) is 1.48. The predicted molar refractivity (Wildman–Crippen MR) is 97.3 cm³/mol. The lowest BCUT2D eigenvalue weighted by Crippen LogP contribution is -2.51. The molecule has 4 rings (SSSR count). The average Bonchev–Trinajstić information content (AvgIpc) is 2.69. The second kappa shape index (κ2) is 7.00. The van der Waals surface area contributed by atoms with Crippen molar-refractivity contribution in [3.8, 4) is 11.5 Å². The van der Waals surface area contributed by atoms with E-state index in [1.165, 1.54) is 5.56 Å². The molecule has 1 N–H and O–H groups in total. The van der Waals surface area contributed by atoms with E-state index in [0.717, 1.165) is 37.0 Å². The number of piperidine rings is 1. The van der Waals surface area contributed by atoms with E-state index >= 15 is 0 Å². The zero-order valence-corrected chi connectivity index (χ0v) is 14.7. The van der Waals surface area contributed by atoms with Crippen LogP contribution in [0.2, 0.25) is 0 Å². The number of benzene rings is 2. The molecule has 2 heterocycles. The lowest BCUT2D eigenvalue weighted by atomic mass is 9.83. The van der Waals surface area contributed by atoms with Gasteiger partial charge in [0, 0.05) is 25.9 Å². The van der Waals surface area contributed by atoms with Crippen LogP contribution in [-0.4, -0.2) is 34.8 Å². The molecule has 0 bridgehead atoms. The number of fused-ring (bicyclic) bond motifs is 1. The minimum atomic E-state index is -0.326. The number of aliphatic hydroxyl groups excluding tert-OH is 1. The molecular formula is C21H23NO4. The fourth-order valence-corrected chi connectivity index (χ4v) is 3.73. The monoisotopic (exact) mass is 353 g/mol. The van der Waals surface area contributed by atoms with Crippen LogP contribution in [0, 0.1) is 0 Å². The van der Waals surface area contributed by atoms with E-state index in [4.69, 9.17) is 14.6 Å². The molecule has 5 nitrogen and oxygen atoms in total. The first-order chi connectivity index (χ1) is 12.7. The molecule has 0 atom stereocenters. The molecular weight excluding hydrogens is 330 g/mol. The van der Waals surface area contributed by atoms with E-state index in [1.807, 2.05) is 18.2 Å². The standard InChI is InChI=1S/C21H23NO4/c23-15-16-5-7-18(8-6-16)25-20(24)22-13-11-21(12-14-22)10-9-17-3-1-2-4-19(17)26-21/h1-8,23H,9-15H2. The molecule has 2 aromatic rings. The van der Waals surface area contributed by atoms with Crippen molar-refractivity contribution >= 4 is 6.09 Å². The van der Waals surface area contributed by atoms with Gasteiger partial charge in [0.2, 0.25) is 0 Å². The minimum absolute atomic E-state index is 0.0223. The van der Waals surface area contributed by atoms with Crippen molar-refractivity contribution in [1.82, 2.24) is 4.90 Å². The Kier molecular flexibility index (Phi) is 4.55. The number of carbonyl (C=O) groups excluding carboxylic acids is 1. The number of hydrogen-bond acceptors (Lipinski definition) is 4. The van der Waals surface area contributed by atoms with Crippen LogP contribution in [0.5, 0.6) is 11.5 Å². The number of aliphatic hydroxyl groups is 1. The Labute approximate surface area is 153 Å². The molecule has 2 aliphatic rings. The maximum absolute atomic E-state index is 12.4. The third-order valence-corrected chi connectivity index (χ3v) is 5.39. The van der Waals surface area contributed by atoms with Gasteiger partial charge in [-0.2, -0.15) is 0 Å². The summed E-state index contributed by atoms with van der Waals surface area (Å²) in [4.78, 5) is 14.2. The van der Waals surface area contributed by atoms with Crippen LogP contribution in [0.3, 0.4) is 0 Å². The summed E-state index contributed by atoms with van der Waals surface area (Å²) >= 11 is 0. The van der Waals surface area contributed by atoms with Gasteiger partial charge in [0.05, 0.1) is 6.61 Å². The first kappa shape index (κ1) is 16.9. The number of carbonyl (C=O) groups is 1. The largest absolute Gasteiger partial charge is 0.487 e. The average molecular weight is 353 g/mol. The number of nitrogens with zero attached hydrogens (tertiary/aromatic N) is 1. The molecule has 26 heavy (non-hydrogen) atoms. The van der Waals surface area contributed by atoms with Gasteiger partial charge in [-0.05, 0) is 42.2 Å². The molecule has 0 aliphatic carbocycles. The summed E-state index contributed by atoms with van der Waals surface area (Å²) < 4.78 is 11.8. The Morgan fingerprint density at radius 3 is 2.54 bits per heavy atom. The second-order valence-corrected chi connectivity index (χ2v) is 7.05. The van der Waals surface area contributed by atoms with Gasteiger partial charge in [0.25, 0.3) is 0 Å². The van der Waals surface area contributed by atoms with E-state index in [1.54, 1.807) is 29.2 Å². The number of hydrogen-bond donors (Lipinski definition) is 1. The third-order valence-electron chi connectivity index (χ3n) is 5.39. The molecule has 0 unspecified atom stereocenters. The summed E-state index contributed by atoms with van der Waals surface area (Å²) in [5.41, 5.74) is 1.90. The van der Waals surface area contributed by atoms with E-state index in [-0.39, 0.29) is 18.3 Å². The molecule has 1 fully saturated rings. The van der Waals surface area contributed by atoms with Crippen LogP contribution in [0.15, 0.2) is 48.5 Å². The SMILES string of the molecule is O=C(Oc1ccc(CO)cc1)N1CCC2(CCc3ccccc3O2)CC1. The molecule has 0 aromatic heterocycles. The molecule has 0 radical (unpaired) electrons. The Morgan fingerprint density at radius 1 is 1.08 bits per heavy atom. The van der Waals surface area contributed by atoms with Crippen LogP contribution < -0.4 is 9.47 Å². The molecule has 1 amide bonds. The van der Waals surface area contributed by atoms with Crippen LogP contribution in [0.25, 0.3) is 0 Å². The molecule has 1 spiro atoms. The van der Waals surface area contributed by atoms with Crippen molar-refractivity contribution in [3.63, 3.8) is 0 Å². The highest BCUT2D eigenvalue weighted by Crippen LogP contribution is 2.39. The number of amides is 1. The molecule has 2 aromatic carbocycles. The summed E-state index contributed by atoms with van der Waals surface area (Å²) in [6.45, 7) is 1.25. The first-order valence-electron chi connectivity index (χ1n) is 9.11. The van der Waals surface area contributed by atoms with Crippen LogP contribution >= 0.6 is 0 Å². The lowest BCUT2D eigenvalue weighted by molar-refractivity contribution is -0.00949. The Bertz CT molecular complexity index is 779. The van der Waals surface area contributed by atoms with E-state index in [9.17, 15) is 4.79 Å². The fraction of sp³-hybridized carbons (Fsp3) is 0.381. The maximum atomic E-state index is 12.4. The number of likely N-dealkylation sites (tertiary alicyclic amines) is 1. The number of para-hydroxylation sites is 1. The quantitative estimate of drug-likeness (QED) is 0.897. The van der Waals surface area contributed by atoms with Crippen molar-refractivity contribution in [2.75, 3.05) is 13.1 Å². The van der Waals surface area contributed by atoms with Gasteiger partial charge in [-0.15, -0.1) is 0 Å². The van der Waals surface area contributed by atoms with Crippen molar-refractivity contribution in [1.29, 1.82) is 0 Å². The first-order valence-corrected chi connectivity index (χ1v) is 9.11. The normalized spacial score (nSPS) is 18.1. The van der Waals surface area contributed by atoms with Crippen LogP contribution in [-0.2, 0) is 13.0 Å². The van der Waals surface area contributed by atoms with Gasteiger partial charge in [-0.25, -0.2) is 4.79 Å². The fourth-order valence-electron chi connectivity index (χ4n) is 3.73. The number of rotatable bonds is 2. The van der Waals surface area contributed by atoms with Gasteiger partial charge < -0.3 is 19.5 Å². The van der Waals surface area contributed by atoms with Gasteiger partial charge in [-0.3, -0.25) is 0 Å².